The quantitative estimate of drug-likeness (QED) is 0.0794. The van der Waals surface area contributed by atoms with Gasteiger partial charge in [-0.2, -0.15) is 4.98 Å². The van der Waals surface area contributed by atoms with Crippen molar-refractivity contribution >= 4 is 71.7 Å². The number of benzene rings is 1. The van der Waals surface area contributed by atoms with Crippen molar-refractivity contribution in [3.63, 3.8) is 0 Å². The first-order valence-electron chi connectivity index (χ1n) is 26.3. The first-order chi connectivity index (χ1) is 33.9. The first-order valence-corrected chi connectivity index (χ1v) is 28.0. The lowest BCUT2D eigenvalue weighted by atomic mass is 9.84. The Bertz CT molecular complexity index is 2480. The van der Waals surface area contributed by atoms with Crippen LogP contribution in [0.25, 0.3) is 31.6 Å². The van der Waals surface area contributed by atoms with E-state index in [2.05, 4.69) is 72.5 Å². The molecule has 0 saturated carbocycles. The molecule has 6 fully saturated rings. The number of carbonyl (C=O) groups is 1. The van der Waals surface area contributed by atoms with E-state index in [0.29, 0.717) is 31.5 Å². The average molecular weight is 977 g/mol. The van der Waals surface area contributed by atoms with E-state index in [-0.39, 0.29) is 23.4 Å². The fourth-order valence-corrected chi connectivity index (χ4v) is 14.1. The van der Waals surface area contributed by atoms with E-state index in [1.807, 2.05) is 12.3 Å². The number of thiophene rings is 2. The molecule has 16 heteroatoms. The van der Waals surface area contributed by atoms with Crippen LogP contribution in [-0.4, -0.2) is 152 Å². The Hall–Kier alpha value is -4.03. The molecule has 370 valence electrons. The number of amides is 1. The fourth-order valence-electron chi connectivity index (χ4n) is 12.3. The molecule has 6 aliphatic heterocycles. The number of anilines is 4. The highest BCUT2D eigenvalue weighted by Crippen LogP contribution is 2.48. The van der Waals surface area contributed by atoms with E-state index in [9.17, 15) is 4.79 Å². The van der Waals surface area contributed by atoms with Gasteiger partial charge in [-0.05, 0) is 132 Å². The van der Waals surface area contributed by atoms with Crippen molar-refractivity contribution in [3.8, 4) is 11.1 Å². The van der Waals surface area contributed by atoms with Crippen LogP contribution in [0.2, 0.25) is 0 Å². The molecule has 1 amide bonds. The van der Waals surface area contributed by atoms with Crippen molar-refractivity contribution in [1.82, 2.24) is 29.7 Å². The maximum absolute atomic E-state index is 14.3. The minimum absolute atomic E-state index is 0.0170. The smallest absolute Gasteiger partial charge is 0.228 e. The number of carbonyl (C=O) groups excluding carboxylic acids is 1. The Morgan fingerprint density at radius 2 is 1.45 bits per heavy atom. The van der Waals surface area contributed by atoms with Gasteiger partial charge in [-0.1, -0.05) is 48.6 Å². The number of hydrogen-bond acceptors (Lipinski definition) is 15. The minimum Gasteiger partial charge on any atom is -0.380 e. The predicted octanol–water partition coefficient (Wildman–Crippen LogP) is 8.81. The monoisotopic (exact) mass is 977 g/mol. The van der Waals surface area contributed by atoms with Crippen LogP contribution in [0.1, 0.15) is 84.0 Å². The molecule has 0 aliphatic carbocycles. The summed E-state index contributed by atoms with van der Waals surface area (Å²) < 4.78 is 18.7. The number of fused-ring (bicyclic) bond motifs is 4. The van der Waals surface area contributed by atoms with Crippen LogP contribution in [0, 0.1) is 17.8 Å². The third kappa shape index (κ3) is 10.8. The number of piperidine rings is 2. The number of nitrogens with zero attached hydrogens (tertiary/aromatic N) is 9. The van der Waals surface area contributed by atoms with Crippen LogP contribution >= 0.6 is 22.7 Å². The molecule has 3 atom stereocenters. The zero-order chi connectivity index (χ0) is 46.6. The van der Waals surface area contributed by atoms with E-state index >= 15 is 0 Å². The molecule has 0 spiro atoms. The molecule has 11 rings (SSSR count). The number of rotatable bonds is 19. The molecule has 4 aromatic heterocycles. The topological polar surface area (TPSA) is 125 Å². The molecule has 6 aliphatic rings. The van der Waals surface area contributed by atoms with Gasteiger partial charge in [-0.25, -0.2) is 15.0 Å². The summed E-state index contributed by atoms with van der Waals surface area (Å²) in [5.74, 6) is 3.90. The summed E-state index contributed by atoms with van der Waals surface area (Å²) in [6.07, 6.45) is 14.9. The molecular formula is C53H72N10O4S2. The lowest BCUT2D eigenvalue weighted by Gasteiger charge is -2.47. The average Bonchev–Trinajstić information content (AvgIpc) is 4.24. The van der Waals surface area contributed by atoms with E-state index in [1.165, 1.54) is 51.9 Å². The summed E-state index contributed by atoms with van der Waals surface area (Å²) in [7, 11) is 0. The van der Waals surface area contributed by atoms with Crippen LogP contribution < -0.4 is 20.0 Å². The van der Waals surface area contributed by atoms with Crippen LogP contribution in [0.4, 0.5) is 22.7 Å². The van der Waals surface area contributed by atoms with Gasteiger partial charge in [0.2, 0.25) is 17.8 Å². The van der Waals surface area contributed by atoms with Crippen LogP contribution in [0.5, 0.6) is 0 Å². The molecule has 3 unspecified atom stereocenters. The highest BCUT2D eigenvalue weighted by atomic mass is 32.1. The molecule has 69 heavy (non-hydrogen) atoms. The molecule has 14 nitrogen and oxygen atoms in total. The summed E-state index contributed by atoms with van der Waals surface area (Å²) in [5.41, 5.74) is 1.78. The Kier molecular flexibility index (Phi) is 14.9. The normalized spacial score (nSPS) is 23.6. The number of aromatic nitrogens is 4. The molecule has 6 saturated heterocycles. The highest BCUT2D eigenvalue weighted by Gasteiger charge is 2.51. The van der Waals surface area contributed by atoms with Gasteiger partial charge < -0.3 is 44.0 Å². The fraction of sp³-hybridized carbons (Fsp3) is 0.642. The molecule has 2 bridgehead atoms. The minimum atomic E-state index is -0.254. The third-order valence-corrected chi connectivity index (χ3v) is 17.9. The summed E-state index contributed by atoms with van der Waals surface area (Å²) in [6, 6.07) is 12.8. The van der Waals surface area contributed by atoms with E-state index in [4.69, 9.17) is 34.1 Å². The van der Waals surface area contributed by atoms with Gasteiger partial charge in [-0.15, -0.1) is 11.3 Å². The van der Waals surface area contributed by atoms with Crippen molar-refractivity contribution in [2.75, 3.05) is 125 Å². The second-order valence-corrected chi connectivity index (χ2v) is 22.9. The number of likely N-dealkylation sites (tertiary alicyclic amines) is 2. The maximum atomic E-state index is 14.3. The van der Waals surface area contributed by atoms with E-state index in [0.717, 1.165) is 165 Å². The number of hydrogen-bond donors (Lipinski definition) is 1. The van der Waals surface area contributed by atoms with Crippen molar-refractivity contribution in [2.24, 2.45) is 17.8 Å². The Morgan fingerprint density at radius 1 is 0.797 bits per heavy atom. The second-order valence-electron chi connectivity index (χ2n) is 21.0. The molecule has 5 aromatic rings. The van der Waals surface area contributed by atoms with Gasteiger partial charge in [0.1, 0.15) is 20.5 Å². The summed E-state index contributed by atoms with van der Waals surface area (Å²) >= 11 is 3.26. The lowest BCUT2D eigenvalue weighted by molar-refractivity contribution is -0.117. The zero-order valence-electron chi connectivity index (χ0n) is 40.7. The Balaban J connectivity index is 0.740. The van der Waals surface area contributed by atoms with Crippen molar-refractivity contribution in [2.45, 2.75) is 95.6 Å². The predicted molar refractivity (Wildman–Crippen MR) is 279 cm³/mol. The van der Waals surface area contributed by atoms with Gasteiger partial charge in [0.05, 0.1) is 43.4 Å². The standard InChI is InChI=1S/C53H72N10O4S2/c1-38(31-45(64)55-50-46(41-9-3-2-4-10-41)44-33-54-51(58-49(44)69-50)61-22-12-39(13-23-61)34-65-28-26-59-18-5-6-19-59)32-53-17-11-42(36-67-37-53)63(53)47-43-16-30-68-48(43)57-52(56-47)62-24-14-40(15-25-62)35-66-29-27-60-20-7-8-21-60/h2-4,9-10,16,30,33,38-40,42H,5-8,11-15,17-29,31-32,34-37H2,1H3,(H,55,64). The van der Waals surface area contributed by atoms with Gasteiger partial charge in [0.25, 0.3) is 0 Å². The summed E-state index contributed by atoms with van der Waals surface area (Å²) in [6.45, 7) is 17.6. The SMILES string of the molecule is CC(CC(=O)Nc1sc2nc(N3CCC(COCCN4CCCC4)CC3)ncc2c1-c1ccccc1)CC12CCC(COC1)N2c1nc(N2CCC(COCCN3CCCC3)CC2)nc2sccc12. The Morgan fingerprint density at radius 3 is 2.13 bits per heavy atom. The molecule has 1 N–H and O–H groups in total. The molecule has 10 heterocycles. The highest BCUT2D eigenvalue weighted by molar-refractivity contribution is 7.23. The van der Waals surface area contributed by atoms with Crippen LogP contribution in [0.3, 0.4) is 0 Å². The van der Waals surface area contributed by atoms with Gasteiger partial charge in [-0.3, -0.25) is 4.79 Å². The number of morpholine rings is 1. The Labute approximate surface area is 416 Å². The lowest BCUT2D eigenvalue weighted by Crippen LogP contribution is -2.57. The first kappa shape index (κ1) is 47.3. The number of ether oxygens (including phenoxy) is 3. The third-order valence-electron chi connectivity index (χ3n) is 16.0. The largest absolute Gasteiger partial charge is 0.380 e. The molecular weight excluding hydrogens is 905 g/mol. The van der Waals surface area contributed by atoms with Crippen molar-refractivity contribution in [3.05, 3.63) is 48.0 Å². The number of nitrogens with one attached hydrogen (secondary N) is 1. The van der Waals surface area contributed by atoms with E-state index in [1.54, 1.807) is 22.7 Å². The van der Waals surface area contributed by atoms with Crippen molar-refractivity contribution in [1.29, 1.82) is 0 Å². The van der Waals surface area contributed by atoms with E-state index < -0.39 is 0 Å². The van der Waals surface area contributed by atoms with Crippen LogP contribution in [-0.2, 0) is 19.0 Å². The van der Waals surface area contributed by atoms with Gasteiger partial charge in [0.15, 0.2) is 0 Å². The molecule has 1 aromatic carbocycles. The second kappa shape index (κ2) is 21.8. The summed E-state index contributed by atoms with van der Waals surface area (Å²) in [4.78, 5) is 49.2. The summed E-state index contributed by atoms with van der Waals surface area (Å²) in [5, 5.41) is 8.46. The van der Waals surface area contributed by atoms with Crippen LogP contribution in [0.15, 0.2) is 48.0 Å². The van der Waals surface area contributed by atoms with Gasteiger partial charge in [0, 0.05) is 76.0 Å². The molecule has 0 radical (unpaired) electrons. The maximum Gasteiger partial charge on any atom is 0.228 e. The van der Waals surface area contributed by atoms with Gasteiger partial charge >= 0.3 is 0 Å². The van der Waals surface area contributed by atoms with Crippen molar-refractivity contribution < 1.29 is 19.0 Å². The zero-order valence-corrected chi connectivity index (χ0v) is 42.3.